The number of phenolic OH excluding ortho intramolecular Hbond substituents is 1. The number of hydrogen-bond donors (Lipinski definition) is 3. The van der Waals surface area contributed by atoms with Crippen LogP contribution in [0, 0.1) is 5.82 Å². The average Bonchev–Trinajstić information content (AvgIpc) is 3.42. The first-order chi connectivity index (χ1) is 15.7. The maximum absolute atomic E-state index is 13.9. The van der Waals surface area contributed by atoms with E-state index in [9.17, 15) is 9.50 Å². The molecule has 0 aliphatic rings. The molecule has 0 fully saturated rings. The van der Waals surface area contributed by atoms with Crippen LogP contribution in [0.4, 0.5) is 4.39 Å². The summed E-state index contributed by atoms with van der Waals surface area (Å²) < 4.78 is 13.9. The van der Waals surface area contributed by atoms with Gasteiger partial charge in [0.15, 0.2) is 11.5 Å². The van der Waals surface area contributed by atoms with E-state index in [1.165, 1.54) is 18.5 Å². The van der Waals surface area contributed by atoms with Gasteiger partial charge in [-0.25, -0.2) is 24.3 Å². The number of aromatic nitrogens is 8. The van der Waals surface area contributed by atoms with Crippen LogP contribution in [0.15, 0.2) is 61.4 Å². The Morgan fingerprint density at radius 2 is 1.69 bits per heavy atom. The monoisotopic (exact) mass is 424 g/mol. The van der Waals surface area contributed by atoms with Crippen molar-refractivity contribution in [3.63, 3.8) is 0 Å². The van der Waals surface area contributed by atoms with E-state index < -0.39 is 5.82 Å². The number of hydrogen-bond acceptors (Lipinski definition) is 7. The lowest BCUT2D eigenvalue weighted by Gasteiger charge is -2.03. The zero-order chi connectivity index (χ0) is 21.7. The van der Waals surface area contributed by atoms with Gasteiger partial charge in [0.2, 0.25) is 0 Å². The van der Waals surface area contributed by atoms with Gasteiger partial charge in [0.25, 0.3) is 0 Å². The predicted molar refractivity (Wildman–Crippen MR) is 115 cm³/mol. The molecular weight excluding hydrogens is 411 g/mol. The SMILES string of the molecule is Oc1cc(F)cc(-c2cncc3[nH]c(-c4n[nH]c5ccc(-c6cncnc6)nc45)nc23)c1. The molecule has 3 N–H and O–H groups in total. The van der Waals surface area contributed by atoms with Crippen molar-refractivity contribution in [3.8, 4) is 39.7 Å². The van der Waals surface area contributed by atoms with Crippen LogP contribution < -0.4 is 0 Å². The fraction of sp³-hybridized carbons (Fsp3) is 0. The minimum Gasteiger partial charge on any atom is -0.508 e. The number of nitrogens with zero attached hydrogens (tertiary/aromatic N) is 6. The minimum absolute atomic E-state index is 0.173. The molecule has 0 radical (unpaired) electrons. The lowest BCUT2D eigenvalue weighted by atomic mass is 10.1. The van der Waals surface area contributed by atoms with Crippen molar-refractivity contribution in [2.75, 3.05) is 0 Å². The molecule has 6 rings (SSSR count). The number of benzene rings is 1. The van der Waals surface area contributed by atoms with Crippen LogP contribution in [0.25, 0.3) is 56.0 Å². The first-order valence-corrected chi connectivity index (χ1v) is 9.60. The summed E-state index contributed by atoms with van der Waals surface area (Å²) in [5.74, 6) is -0.240. The molecule has 5 heterocycles. The topological polar surface area (TPSA) is 129 Å². The molecule has 0 unspecified atom stereocenters. The summed E-state index contributed by atoms with van der Waals surface area (Å²) in [5.41, 5.74) is 5.65. The molecule has 0 amide bonds. The first kappa shape index (κ1) is 18.1. The maximum Gasteiger partial charge on any atom is 0.161 e. The van der Waals surface area contributed by atoms with E-state index in [1.807, 2.05) is 12.1 Å². The molecule has 6 aromatic rings. The molecule has 10 heteroatoms. The van der Waals surface area contributed by atoms with Crippen molar-refractivity contribution in [3.05, 3.63) is 67.3 Å². The Balaban J connectivity index is 1.52. The van der Waals surface area contributed by atoms with Crippen molar-refractivity contribution < 1.29 is 9.50 Å². The summed E-state index contributed by atoms with van der Waals surface area (Å²) in [6.07, 6.45) is 8.05. The standard InChI is InChI=1S/C22H13FN8O/c23-13-3-11(4-14(32)5-13)15-8-24-9-18-19(15)29-22(28-18)21-20-17(30-31-21)2-1-16(27-20)12-6-25-10-26-7-12/h1-10,32H,(H,28,29)(H,30,31). The molecule has 0 aliphatic carbocycles. The maximum atomic E-state index is 13.9. The van der Waals surface area contributed by atoms with Crippen LogP contribution in [0.1, 0.15) is 0 Å². The highest BCUT2D eigenvalue weighted by Gasteiger charge is 2.17. The summed E-state index contributed by atoms with van der Waals surface area (Å²) >= 11 is 0. The molecular formula is C22H13FN8O. The molecule has 5 aromatic heterocycles. The fourth-order valence-corrected chi connectivity index (χ4v) is 3.64. The van der Waals surface area contributed by atoms with Crippen molar-refractivity contribution in [1.82, 2.24) is 40.1 Å². The number of halogens is 1. The van der Waals surface area contributed by atoms with E-state index >= 15 is 0 Å². The lowest BCUT2D eigenvalue weighted by Crippen LogP contribution is -1.88. The fourth-order valence-electron chi connectivity index (χ4n) is 3.64. The van der Waals surface area contributed by atoms with Gasteiger partial charge >= 0.3 is 0 Å². The van der Waals surface area contributed by atoms with Gasteiger partial charge in [0.05, 0.1) is 28.4 Å². The number of pyridine rings is 2. The molecule has 0 aliphatic heterocycles. The number of aromatic amines is 2. The van der Waals surface area contributed by atoms with Crippen LogP contribution in [0.3, 0.4) is 0 Å². The third-order valence-corrected chi connectivity index (χ3v) is 5.08. The minimum atomic E-state index is -0.548. The predicted octanol–water partition coefficient (Wildman–Crippen LogP) is 3.86. The van der Waals surface area contributed by atoms with Crippen molar-refractivity contribution in [2.45, 2.75) is 0 Å². The summed E-state index contributed by atoms with van der Waals surface area (Å²) in [6, 6.07) is 7.58. The molecule has 0 spiro atoms. The van der Waals surface area contributed by atoms with E-state index in [2.05, 4.69) is 30.1 Å². The smallest absolute Gasteiger partial charge is 0.161 e. The van der Waals surface area contributed by atoms with Crippen LogP contribution in [0.5, 0.6) is 5.75 Å². The van der Waals surface area contributed by atoms with Crippen molar-refractivity contribution in [2.24, 2.45) is 0 Å². The lowest BCUT2D eigenvalue weighted by molar-refractivity contribution is 0.469. The normalized spacial score (nSPS) is 11.4. The van der Waals surface area contributed by atoms with E-state index in [0.29, 0.717) is 44.9 Å². The number of nitrogens with one attached hydrogen (secondary N) is 2. The summed E-state index contributed by atoms with van der Waals surface area (Å²) in [6.45, 7) is 0. The molecule has 0 bridgehead atoms. The number of aromatic hydroxyl groups is 1. The molecule has 1 aromatic carbocycles. The second kappa shape index (κ2) is 6.91. The second-order valence-corrected chi connectivity index (χ2v) is 7.16. The van der Waals surface area contributed by atoms with Gasteiger partial charge in [-0.05, 0) is 29.8 Å². The van der Waals surface area contributed by atoms with Crippen molar-refractivity contribution >= 4 is 22.1 Å². The average molecular weight is 424 g/mol. The van der Waals surface area contributed by atoms with Gasteiger partial charge in [0.1, 0.15) is 23.4 Å². The van der Waals surface area contributed by atoms with Gasteiger partial charge in [-0.1, -0.05) is 0 Å². The van der Waals surface area contributed by atoms with Crippen LogP contribution in [-0.4, -0.2) is 45.2 Å². The molecule has 0 atom stereocenters. The van der Waals surface area contributed by atoms with Gasteiger partial charge in [0, 0.05) is 35.8 Å². The Bertz CT molecular complexity index is 1590. The highest BCUT2D eigenvalue weighted by atomic mass is 19.1. The molecule has 0 saturated carbocycles. The summed E-state index contributed by atoms with van der Waals surface area (Å²) in [7, 11) is 0. The summed E-state index contributed by atoms with van der Waals surface area (Å²) in [5, 5.41) is 17.2. The number of fused-ring (bicyclic) bond motifs is 2. The van der Waals surface area contributed by atoms with E-state index in [-0.39, 0.29) is 5.75 Å². The van der Waals surface area contributed by atoms with Crippen LogP contribution >= 0.6 is 0 Å². The zero-order valence-corrected chi connectivity index (χ0v) is 16.3. The van der Waals surface area contributed by atoms with E-state index in [0.717, 1.165) is 17.1 Å². The van der Waals surface area contributed by atoms with Gasteiger partial charge in [-0.15, -0.1) is 0 Å². The number of rotatable bonds is 3. The van der Waals surface area contributed by atoms with E-state index in [4.69, 9.17) is 9.97 Å². The number of imidazole rings is 1. The van der Waals surface area contributed by atoms with Gasteiger partial charge in [-0.3, -0.25) is 10.1 Å². The molecule has 9 nitrogen and oxygen atoms in total. The van der Waals surface area contributed by atoms with Gasteiger partial charge in [-0.2, -0.15) is 5.10 Å². The Morgan fingerprint density at radius 1 is 0.812 bits per heavy atom. The van der Waals surface area contributed by atoms with Crippen molar-refractivity contribution in [1.29, 1.82) is 0 Å². The van der Waals surface area contributed by atoms with E-state index in [1.54, 1.807) is 24.8 Å². The second-order valence-electron chi connectivity index (χ2n) is 7.16. The highest BCUT2D eigenvalue weighted by Crippen LogP contribution is 2.32. The first-order valence-electron chi connectivity index (χ1n) is 9.60. The van der Waals surface area contributed by atoms with Crippen LogP contribution in [0.2, 0.25) is 0 Å². The van der Waals surface area contributed by atoms with Crippen LogP contribution in [-0.2, 0) is 0 Å². The number of phenols is 1. The van der Waals surface area contributed by atoms with Gasteiger partial charge < -0.3 is 10.1 Å². The Morgan fingerprint density at radius 3 is 2.53 bits per heavy atom. The Kier molecular flexibility index (Phi) is 3.90. The zero-order valence-electron chi connectivity index (χ0n) is 16.3. The number of H-pyrrole nitrogens is 2. The Hall–Kier alpha value is -4.73. The Labute approximate surface area is 179 Å². The quantitative estimate of drug-likeness (QED) is 0.393. The summed E-state index contributed by atoms with van der Waals surface area (Å²) in [4.78, 5) is 24.9. The molecule has 32 heavy (non-hydrogen) atoms. The molecule has 154 valence electrons. The highest BCUT2D eigenvalue weighted by molar-refractivity contribution is 5.95. The molecule has 0 saturated heterocycles. The third kappa shape index (κ3) is 2.93. The largest absolute Gasteiger partial charge is 0.508 e. The third-order valence-electron chi connectivity index (χ3n) is 5.08.